The van der Waals surface area contributed by atoms with Gasteiger partial charge in [0.1, 0.15) is 17.7 Å². The first-order valence-electron chi connectivity index (χ1n) is 13.2. The number of nitrogens with zero attached hydrogens (tertiary/aromatic N) is 1. The Morgan fingerprint density at radius 1 is 1.05 bits per heavy atom. The number of benzene rings is 1. The molecule has 0 heterocycles. The van der Waals surface area contributed by atoms with Crippen molar-refractivity contribution in [2.75, 3.05) is 13.1 Å². The molecule has 208 valence electrons. The van der Waals surface area contributed by atoms with Gasteiger partial charge in [-0.25, -0.2) is 4.79 Å². The lowest BCUT2D eigenvalue weighted by atomic mass is 9.95. The number of primary amides is 1. The smallest absolute Gasteiger partial charge is 0.408 e. The molecule has 0 aromatic heterocycles. The molecule has 1 aromatic carbocycles. The molecule has 9 nitrogen and oxygen atoms in total. The van der Waals surface area contributed by atoms with Gasteiger partial charge in [0.25, 0.3) is 0 Å². The number of ether oxygens (including phenoxy) is 1. The van der Waals surface area contributed by atoms with Gasteiger partial charge < -0.3 is 26.0 Å². The van der Waals surface area contributed by atoms with E-state index in [0.717, 1.165) is 36.0 Å². The van der Waals surface area contributed by atoms with Gasteiger partial charge in [0.15, 0.2) is 0 Å². The third-order valence-corrected chi connectivity index (χ3v) is 5.78. The van der Waals surface area contributed by atoms with Crippen LogP contribution < -0.4 is 16.4 Å². The van der Waals surface area contributed by atoms with E-state index in [-0.39, 0.29) is 25.3 Å². The summed E-state index contributed by atoms with van der Waals surface area (Å²) in [6.07, 6.45) is 2.54. The Kier molecular flexibility index (Phi) is 13.1. The van der Waals surface area contributed by atoms with Crippen molar-refractivity contribution in [1.29, 1.82) is 0 Å². The first-order valence-corrected chi connectivity index (χ1v) is 13.2. The Morgan fingerprint density at radius 3 is 2.30 bits per heavy atom. The van der Waals surface area contributed by atoms with E-state index in [1.165, 1.54) is 4.90 Å². The van der Waals surface area contributed by atoms with Crippen LogP contribution >= 0.6 is 0 Å². The molecule has 0 saturated heterocycles. The molecule has 1 rings (SSSR count). The largest absolute Gasteiger partial charge is 0.444 e. The molecule has 0 saturated carbocycles. The van der Waals surface area contributed by atoms with E-state index < -0.39 is 35.6 Å². The number of hydrogen-bond donors (Lipinski definition) is 3. The summed E-state index contributed by atoms with van der Waals surface area (Å²) >= 11 is 0. The Balaban J connectivity index is 3.45. The third-order valence-electron chi connectivity index (χ3n) is 5.78. The molecule has 4 N–H and O–H groups in total. The van der Waals surface area contributed by atoms with Crippen LogP contribution in [0.4, 0.5) is 4.79 Å². The fraction of sp³-hybridized carbons (Fsp3) is 0.643. The molecule has 0 bridgehead atoms. The molecule has 1 aromatic rings. The number of nitrogens with one attached hydrogen (secondary N) is 2. The van der Waals surface area contributed by atoms with E-state index in [2.05, 4.69) is 17.6 Å². The van der Waals surface area contributed by atoms with Crippen LogP contribution in [0.2, 0.25) is 0 Å². The number of carbonyl (C=O) groups excluding carboxylic acids is 4. The van der Waals surface area contributed by atoms with Gasteiger partial charge in [0.2, 0.25) is 17.7 Å². The highest BCUT2D eigenvalue weighted by Gasteiger charge is 2.36. The van der Waals surface area contributed by atoms with Crippen molar-refractivity contribution in [3.8, 4) is 0 Å². The van der Waals surface area contributed by atoms with Crippen LogP contribution in [-0.2, 0) is 19.1 Å². The quantitative estimate of drug-likeness (QED) is 0.320. The molecule has 0 aliphatic carbocycles. The number of nitrogens with two attached hydrogens (primary N) is 1. The fourth-order valence-electron chi connectivity index (χ4n) is 3.99. The second-order valence-electron chi connectivity index (χ2n) is 10.5. The lowest BCUT2D eigenvalue weighted by molar-refractivity contribution is -0.142. The fourth-order valence-corrected chi connectivity index (χ4v) is 3.99. The Bertz CT molecular complexity index is 926. The van der Waals surface area contributed by atoms with Crippen molar-refractivity contribution >= 4 is 23.8 Å². The van der Waals surface area contributed by atoms with Crippen LogP contribution in [0.15, 0.2) is 18.2 Å². The third kappa shape index (κ3) is 11.2. The molecule has 0 radical (unpaired) electrons. The van der Waals surface area contributed by atoms with Gasteiger partial charge in [-0.05, 0) is 65.0 Å². The number of carbonyl (C=O) groups is 4. The molecule has 9 heteroatoms. The molecule has 0 aliphatic rings. The zero-order valence-electron chi connectivity index (χ0n) is 23.6. The van der Waals surface area contributed by atoms with E-state index in [9.17, 15) is 19.2 Å². The summed E-state index contributed by atoms with van der Waals surface area (Å²) < 4.78 is 5.35. The SMILES string of the molecule is CCCCCNC(=O)C(c1cc(C)ccc1C)N(CCC)C(=O)C(CCC(N)=O)NC(=O)OC(C)(C)C. The van der Waals surface area contributed by atoms with Crippen LogP contribution in [0, 0.1) is 13.8 Å². The van der Waals surface area contributed by atoms with E-state index >= 15 is 0 Å². The molecule has 37 heavy (non-hydrogen) atoms. The van der Waals surface area contributed by atoms with Crippen LogP contribution in [-0.4, -0.2) is 53.4 Å². The summed E-state index contributed by atoms with van der Waals surface area (Å²) in [5.74, 6) is -1.34. The van der Waals surface area contributed by atoms with Crippen LogP contribution in [0.3, 0.4) is 0 Å². The lowest BCUT2D eigenvalue weighted by Crippen LogP contribution is -2.53. The number of alkyl carbamates (subject to hydrolysis) is 1. The number of amides is 4. The minimum Gasteiger partial charge on any atom is -0.444 e. The average Bonchev–Trinajstić information content (AvgIpc) is 2.79. The molecular formula is C28H46N4O5. The van der Waals surface area contributed by atoms with Crippen molar-refractivity contribution in [2.45, 2.75) is 105 Å². The average molecular weight is 519 g/mol. The summed E-state index contributed by atoms with van der Waals surface area (Å²) in [7, 11) is 0. The van der Waals surface area contributed by atoms with E-state index in [0.29, 0.717) is 13.0 Å². The predicted octanol–water partition coefficient (Wildman–Crippen LogP) is 4.05. The normalized spacial score (nSPS) is 12.8. The highest BCUT2D eigenvalue weighted by molar-refractivity contribution is 5.92. The number of hydrogen-bond acceptors (Lipinski definition) is 5. The van der Waals surface area contributed by atoms with Gasteiger partial charge >= 0.3 is 6.09 Å². The van der Waals surface area contributed by atoms with Crippen LogP contribution in [0.1, 0.15) is 95.9 Å². The van der Waals surface area contributed by atoms with Crippen molar-refractivity contribution in [3.63, 3.8) is 0 Å². The first kappa shape index (κ1) is 31.9. The van der Waals surface area contributed by atoms with Gasteiger partial charge in [-0.3, -0.25) is 14.4 Å². The van der Waals surface area contributed by atoms with Crippen molar-refractivity contribution in [1.82, 2.24) is 15.5 Å². The van der Waals surface area contributed by atoms with Crippen LogP contribution in [0.25, 0.3) is 0 Å². The Labute approximate surface area is 221 Å². The van der Waals surface area contributed by atoms with E-state index in [1.54, 1.807) is 20.8 Å². The summed E-state index contributed by atoms with van der Waals surface area (Å²) in [6, 6.07) is 3.82. The second-order valence-corrected chi connectivity index (χ2v) is 10.5. The van der Waals surface area contributed by atoms with E-state index in [1.807, 2.05) is 39.0 Å². The minimum atomic E-state index is -1.09. The maximum atomic E-state index is 14.0. The molecule has 0 fully saturated rings. The zero-order chi connectivity index (χ0) is 28.2. The van der Waals surface area contributed by atoms with Crippen molar-refractivity contribution < 1.29 is 23.9 Å². The second kappa shape index (κ2) is 15.2. The summed E-state index contributed by atoms with van der Waals surface area (Å²) in [4.78, 5) is 53.2. The van der Waals surface area contributed by atoms with Gasteiger partial charge in [0, 0.05) is 19.5 Å². The molecule has 4 amide bonds. The van der Waals surface area contributed by atoms with Crippen molar-refractivity contribution in [2.24, 2.45) is 5.73 Å². The molecule has 2 atom stereocenters. The standard InChI is InChI=1S/C28H46N4O5/c1-8-10-11-16-30-25(34)24(21-18-19(3)12-13-20(21)4)32(17-9-2)26(35)22(14-15-23(29)33)31-27(36)37-28(5,6)7/h12-13,18,22,24H,8-11,14-17H2,1-7H3,(H2,29,33)(H,30,34)(H,31,36). The van der Waals surface area contributed by atoms with Crippen LogP contribution in [0.5, 0.6) is 0 Å². The highest BCUT2D eigenvalue weighted by Crippen LogP contribution is 2.27. The molecule has 0 spiro atoms. The van der Waals surface area contributed by atoms with Gasteiger partial charge in [-0.2, -0.15) is 0 Å². The number of rotatable bonds is 14. The summed E-state index contributed by atoms with van der Waals surface area (Å²) in [5.41, 5.74) is 7.14. The summed E-state index contributed by atoms with van der Waals surface area (Å²) in [5, 5.41) is 5.61. The molecular weight excluding hydrogens is 472 g/mol. The van der Waals surface area contributed by atoms with Gasteiger partial charge in [0.05, 0.1) is 0 Å². The minimum absolute atomic E-state index is 0.00867. The first-order chi connectivity index (χ1) is 17.3. The monoisotopic (exact) mass is 518 g/mol. The van der Waals surface area contributed by atoms with Gasteiger partial charge in [-0.1, -0.05) is 50.5 Å². The number of unbranched alkanes of at least 4 members (excludes halogenated alkanes) is 2. The molecule has 0 aliphatic heterocycles. The number of aryl methyl sites for hydroxylation is 2. The van der Waals surface area contributed by atoms with Gasteiger partial charge in [-0.15, -0.1) is 0 Å². The predicted molar refractivity (Wildman–Crippen MR) is 145 cm³/mol. The Morgan fingerprint density at radius 2 is 1.73 bits per heavy atom. The molecule has 2 unspecified atom stereocenters. The maximum Gasteiger partial charge on any atom is 0.408 e. The topological polar surface area (TPSA) is 131 Å². The summed E-state index contributed by atoms with van der Waals surface area (Å²) in [6.45, 7) is 13.8. The van der Waals surface area contributed by atoms with E-state index in [4.69, 9.17) is 10.5 Å². The lowest BCUT2D eigenvalue weighted by Gasteiger charge is -2.35. The Hall–Kier alpha value is -3.10. The maximum absolute atomic E-state index is 14.0. The van der Waals surface area contributed by atoms with Crippen molar-refractivity contribution in [3.05, 3.63) is 34.9 Å². The highest BCUT2D eigenvalue weighted by atomic mass is 16.6. The zero-order valence-corrected chi connectivity index (χ0v) is 23.6.